The Balaban J connectivity index is 2.81. The monoisotopic (exact) mass is 227 g/mol. The maximum atomic E-state index is 10.7. The fraction of sp³-hybridized carbons (Fsp3) is 0.636. The zero-order valence-corrected chi connectivity index (χ0v) is 10.4. The number of hydrogen-bond donors (Lipinski definition) is 1. The lowest BCUT2D eigenvalue weighted by Crippen LogP contribution is -2.11. The van der Waals surface area contributed by atoms with Crippen molar-refractivity contribution in [1.82, 2.24) is 4.98 Å². The van der Waals surface area contributed by atoms with Crippen LogP contribution in [0.15, 0.2) is 0 Å². The van der Waals surface area contributed by atoms with Crippen LogP contribution in [0, 0.1) is 12.8 Å². The van der Waals surface area contributed by atoms with Crippen molar-refractivity contribution in [2.75, 3.05) is 0 Å². The lowest BCUT2D eigenvalue weighted by molar-refractivity contribution is -0.141. The van der Waals surface area contributed by atoms with Crippen LogP contribution in [0.5, 0.6) is 0 Å². The van der Waals surface area contributed by atoms with Gasteiger partial charge in [-0.2, -0.15) is 0 Å². The Bertz CT molecular complexity index is 357. The van der Waals surface area contributed by atoms with Crippen molar-refractivity contribution in [3.8, 4) is 0 Å². The molecule has 0 saturated carbocycles. The van der Waals surface area contributed by atoms with Gasteiger partial charge in [0, 0.05) is 10.8 Å². The van der Waals surface area contributed by atoms with Gasteiger partial charge in [-0.05, 0) is 13.3 Å². The first-order valence-corrected chi connectivity index (χ1v) is 5.92. The average molecular weight is 227 g/mol. The lowest BCUT2D eigenvalue weighted by atomic mass is 10.1. The molecule has 0 aliphatic heterocycles. The smallest absolute Gasteiger partial charge is 0.306 e. The number of nitrogens with zero attached hydrogens (tertiary/aromatic N) is 1. The molecule has 0 aromatic carbocycles. The summed E-state index contributed by atoms with van der Waals surface area (Å²) in [6.07, 6.45) is 0.589. The Kier molecular flexibility index (Phi) is 3.85. The van der Waals surface area contributed by atoms with Gasteiger partial charge in [0.25, 0.3) is 0 Å². The van der Waals surface area contributed by atoms with Crippen molar-refractivity contribution in [2.45, 2.75) is 40.0 Å². The number of carboxylic acid groups (broad SMARTS) is 1. The highest BCUT2D eigenvalue weighted by Gasteiger charge is 2.16. The Morgan fingerprint density at radius 1 is 1.47 bits per heavy atom. The molecule has 0 bridgehead atoms. The van der Waals surface area contributed by atoms with Gasteiger partial charge in [0.05, 0.1) is 16.6 Å². The van der Waals surface area contributed by atoms with Crippen molar-refractivity contribution in [2.24, 2.45) is 5.92 Å². The summed E-state index contributed by atoms with van der Waals surface area (Å²) in [5.74, 6) is -0.652. The highest BCUT2D eigenvalue weighted by molar-refractivity contribution is 7.11. The summed E-state index contributed by atoms with van der Waals surface area (Å²) < 4.78 is 0. The average Bonchev–Trinajstić information content (AvgIpc) is 2.47. The molecule has 0 radical (unpaired) electrons. The van der Waals surface area contributed by atoms with Crippen LogP contribution < -0.4 is 0 Å². The molecule has 1 N–H and O–H groups in total. The summed E-state index contributed by atoms with van der Waals surface area (Å²) in [6, 6.07) is 0. The maximum Gasteiger partial charge on any atom is 0.306 e. The van der Waals surface area contributed by atoms with E-state index < -0.39 is 5.97 Å². The van der Waals surface area contributed by atoms with Gasteiger partial charge in [-0.1, -0.05) is 20.8 Å². The first-order chi connectivity index (χ1) is 6.91. The van der Waals surface area contributed by atoms with Crippen LogP contribution >= 0.6 is 11.3 Å². The number of aromatic nitrogens is 1. The third-order valence-corrected chi connectivity index (χ3v) is 3.80. The second-order valence-corrected chi connectivity index (χ2v) is 5.27. The summed E-state index contributed by atoms with van der Waals surface area (Å²) in [7, 11) is 0. The molecule has 0 fully saturated rings. The molecule has 15 heavy (non-hydrogen) atoms. The first kappa shape index (κ1) is 12.2. The van der Waals surface area contributed by atoms with E-state index in [4.69, 9.17) is 5.11 Å². The van der Waals surface area contributed by atoms with Gasteiger partial charge >= 0.3 is 5.97 Å². The molecule has 0 aliphatic carbocycles. The minimum atomic E-state index is -0.742. The highest BCUT2D eigenvalue weighted by atomic mass is 32.1. The zero-order chi connectivity index (χ0) is 11.6. The van der Waals surface area contributed by atoms with E-state index in [0.717, 1.165) is 15.6 Å². The van der Waals surface area contributed by atoms with Gasteiger partial charge in [-0.25, -0.2) is 4.98 Å². The van der Waals surface area contributed by atoms with Crippen LogP contribution in [0.25, 0.3) is 0 Å². The molecule has 1 aromatic heterocycles. The number of aryl methyl sites for hydroxylation is 1. The van der Waals surface area contributed by atoms with Crippen molar-refractivity contribution in [1.29, 1.82) is 0 Å². The van der Waals surface area contributed by atoms with Crippen molar-refractivity contribution < 1.29 is 9.90 Å². The van der Waals surface area contributed by atoms with E-state index >= 15 is 0 Å². The largest absolute Gasteiger partial charge is 0.481 e. The predicted octanol–water partition coefficient (Wildman–Crippen LogP) is 2.84. The number of carbonyl (C=O) groups is 1. The van der Waals surface area contributed by atoms with Gasteiger partial charge in [0.2, 0.25) is 0 Å². The molecule has 0 saturated heterocycles. The van der Waals surface area contributed by atoms with E-state index in [9.17, 15) is 4.79 Å². The van der Waals surface area contributed by atoms with E-state index in [1.807, 2.05) is 6.92 Å². The topological polar surface area (TPSA) is 50.2 Å². The van der Waals surface area contributed by atoms with E-state index in [-0.39, 0.29) is 5.92 Å². The van der Waals surface area contributed by atoms with E-state index in [1.165, 1.54) is 0 Å². The molecule has 1 aromatic rings. The standard InChI is InChI=1S/C11H17NO2S/c1-6(2)10-12-8(4)9(15-10)5-7(3)11(13)14/h6-7H,5H2,1-4H3,(H,13,14). The van der Waals surface area contributed by atoms with Crippen molar-refractivity contribution in [3.63, 3.8) is 0 Å². The summed E-state index contributed by atoms with van der Waals surface area (Å²) in [5.41, 5.74) is 0.983. The molecule has 0 amide bonds. The lowest BCUT2D eigenvalue weighted by Gasteiger charge is -2.03. The van der Waals surface area contributed by atoms with Gasteiger partial charge in [0.1, 0.15) is 0 Å². The maximum absolute atomic E-state index is 10.7. The second kappa shape index (κ2) is 4.75. The normalized spacial score (nSPS) is 13.1. The third-order valence-electron chi connectivity index (χ3n) is 2.32. The number of rotatable bonds is 4. The van der Waals surface area contributed by atoms with E-state index in [2.05, 4.69) is 18.8 Å². The molecular formula is C11H17NO2S. The number of thiazole rings is 1. The van der Waals surface area contributed by atoms with Crippen LogP contribution in [0.4, 0.5) is 0 Å². The predicted molar refractivity (Wildman–Crippen MR) is 61.4 cm³/mol. The SMILES string of the molecule is Cc1nc(C(C)C)sc1CC(C)C(=O)O. The van der Waals surface area contributed by atoms with Crippen LogP contribution in [0.2, 0.25) is 0 Å². The molecule has 1 atom stereocenters. The molecule has 1 rings (SSSR count). The zero-order valence-electron chi connectivity index (χ0n) is 9.57. The Hall–Kier alpha value is -0.900. The molecule has 1 heterocycles. The van der Waals surface area contributed by atoms with Gasteiger partial charge in [-0.15, -0.1) is 11.3 Å². The van der Waals surface area contributed by atoms with Crippen molar-refractivity contribution >= 4 is 17.3 Å². The summed E-state index contributed by atoms with van der Waals surface area (Å²) in [4.78, 5) is 16.3. The summed E-state index contributed by atoms with van der Waals surface area (Å²) >= 11 is 1.64. The molecule has 3 nitrogen and oxygen atoms in total. The Labute approximate surface area is 94.2 Å². The van der Waals surface area contributed by atoms with Gasteiger partial charge in [0.15, 0.2) is 0 Å². The third kappa shape index (κ3) is 3.02. The molecule has 0 aliphatic rings. The van der Waals surface area contributed by atoms with Crippen molar-refractivity contribution in [3.05, 3.63) is 15.6 Å². The Morgan fingerprint density at radius 2 is 2.07 bits per heavy atom. The van der Waals surface area contributed by atoms with Gasteiger partial charge in [-0.3, -0.25) is 4.79 Å². The Morgan fingerprint density at radius 3 is 2.47 bits per heavy atom. The van der Waals surface area contributed by atoms with Crippen LogP contribution in [-0.4, -0.2) is 16.1 Å². The van der Waals surface area contributed by atoms with E-state index in [1.54, 1.807) is 18.3 Å². The molecular weight excluding hydrogens is 210 g/mol. The molecule has 84 valence electrons. The number of carboxylic acids is 1. The molecule has 1 unspecified atom stereocenters. The molecule has 0 spiro atoms. The number of aliphatic carboxylic acids is 1. The van der Waals surface area contributed by atoms with Crippen LogP contribution in [-0.2, 0) is 11.2 Å². The van der Waals surface area contributed by atoms with Crippen LogP contribution in [0.3, 0.4) is 0 Å². The van der Waals surface area contributed by atoms with Gasteiger partial charge < -0.3 is 5.11 Å². The molecule has 4 heteroatoms. The summed E-state index contributed by atoms with van der Waals surface area (Å²) in [5, 5.41) is 9.93. The summed E-state index contributed by atoms with van der Waals surface area (Å²) in [6.45, 7) is 7.88. The van der Waals surface area contributed by atoms with E-state index in [0.29, 0.717) is 12.3 Å². The fourth-order valence-corrected chi connectivity index (χ4v) is 2.45. The number of hydrogen-bond acceptors (Lipinski definition) is 3. The fourth-order valence-electron chi connectivity index (χ4n) is 1.25. The first-order valence-electron chi connectivity index (χ1n) is 5.10. The van der Waals surface area contributed by atoms with Crippen LogP contribution in [0.1, 0.15) is 42.3 Å². The second-order valence-electron chi connectivity index (χ2n) is 4.16. The minimum Gasteiger partial charge on any atom is -0.481 e. The minimum absolute atomic E-state index is 0.329. The highest BCUT2D eigenvalue weighted by Crippen LogP contribution is 2.26. The quantitative estimate of drug-likeness (QED) is 0.860.